The van der Waals surface area contributed by atoms with Crippen molar-refractivity contribution >= 4 is 11.6 Å². The van der Waals surface area contributed by atoms with E-state index < -0.39 is 0 Å². The summed E-state index contributed by atoms with van der Waals surface area (Å²) in [5.74, 6) is -0.149. The number of aliphatic hydroxyl groups is 1. The van der Waals surface area contributed by atoms with E-state index in [-0.39, 0.29) is 12.5 Å². The molecule has 3 aromatic rings. The number of anilines is 1. The average Bonchev–Trinajstić information content (AvgIpc) is 2.99. The molecule has 3 rings (SSSR count). The highest BCUT2D eigenvalue weighted by Gasteiger charge is 2.16. The third-order valence-electron chi connectivity index (χ3n) is 3.24. The normalized spacial score (nSPS) is 10.5. The summed E-state index contributed by atoms with van der Waals surface area (Å²) in [7, 11) is 0. The molecule has 0 aliphatic carbocycles. The molecule has 7 nitrogen and oxygen atoms in total. The van der Waals surface area contributed by atoms with Crippen LogP contribution in [0.25, 0.3) is 16.9 Å². The highest BCUT2D eigenvalue weighted by molar-refractivity contribution is 5.89. The number of hydrogen-bond donors (Lipinski definition) is 2. The van der Waals surface area contributed by atoms with E-state index in [1.54, 1.807) is 29.2 Å². The molecule has 0 aliphatic rings. The van der Waals surface area contributed by atoms with Gasteiger partial charge in [-0.1, -0.05) is 11.3 Å². The standard InChI is InChI=1S/C16H15N5O2/c1-11(23)18-13-5-2-6-14(8-13)21-16(15(10-22)19-20-21)12-4-3-7-17-9-12/h2-9,22H,10H2,1H3,(H,18,23). The van der Waals surface area contributed by atoms with E-state index in [1.807, 2.05) is 24.3 Å². The number of nitrogens with zero attached hydrogens (tertiary/aromatic N) is 4. The minimum atomic E-state index is -0.227. The zero-order valence-corrected chi connectivity index (χ0v) is 12.5. The number of carbonyl (C=O) groups excluding carboxylic acids is 1. The molecule has 1 amide bonds. The van der Waals surface area contributed by atoms with Crippen molar-refractivity contribution in [2.75, 3.05) is 5.32 Å². The van der Waals surface area contributed by atoms with Crippen molar-refractivity contribution in [3.05, 3.63) is 54.5 Å². The summed E-state index contributed by atoms with van der Waals surface area (Å²) in [5.41, 5.74) is 3.31. The van der Waals surface area contributed by atoms with Gasteiger partial charge in [0.05, 0.1) is 12.3 Å². The van der Waals surface area contributed by atoms with E-state index in [4.69, 9.17) is 0 Å². The van der Waals surface area contributed by atoms with Crippen molar-refractivity contribution in [1.29, 1.82) is 0 Å². The molecule has 0 spiro atoms. The summed E-state index contributed by atoms with van der Waals surface area (Å²) in [5, 5.41) is 20.4. The Kier molecular flexibility index (Phi) is 4.11. The number of pyridine rings is 1. The van der Waals surface area contributed by atoms with Crippen LogP contribution in [0.4, 0.5) is 5.69 Å². The van der Waals surface area contributed by atoms with Crippen molar-refractivity contribution in [3.63, 3.8) is 0 Å². The number of hydrogen-bond acceptors (Lipinski definition) is 5. The minimum absolute atomic E-state index is 0.149. The molecule has 2 heterocycles. The molecule has 0 saturated carbocycles. The number of benzene rings is 1. The maximum absolute atomic E-state index is 11.2. The molecule has 7 heteroatoms. The van der Waals surface area contributed by atoms with Gasteiger partial charge < -0.3 is 10.4 Å². The van der Waals surface area contributed by atoms with Gasteiger partial charge in [-0.3, -0.25) is 9.78 Å². The average molecular weight is 309 g/mol. The predicted octanol–water partition coefficient (Wildman–Crippen LogP) is 1.78. The van der Waals surface area contributed by atoms with E-state index in [2.05, 4.69) is 20.6 Å². The topological polar surface area (TPSA) is 92.9 Å². The molecule has 0 unspecified atom stereocenters. The molecule has 0 saturated heterocycles. The summed E-state index contributed by atoms with van der Waals surface area (Å²) in [6.45, 7) is 1.22. The van der Waals surface area contributed by atoms with Crippen molar-refractivity contribution in [3.8, 4) is 16.9 Å². The largest absolute Gasteiger partial charge is 0.390 e. The third-order valence-corrected chi connectivity index (χ3v) is 3.24. The van der Waals surface area contributed by atoms with Crippen molar-refractivity contribution in [2.24, 2.45) is 0 Å². The Morgan fingerprint density at radius 2 is 2.17 bits per heavy atom. The van der Waals surface area contributed by atoms with Gasteiger partial charge in [0.2, 0.25) is 5.91 Å². The van der Waals surface area contributed by atoms with E-state index >= 15 is 0 Å². The Hall–Kier alpha value is -3.06. The van der Waals surface area contributed by atoms with Crippen LogP contribution in [-0.4, -0.2) is 31.0 Å². The molecular weight excluding hydrogens is 294 g/mol. The maximum Gasteiger partial charge on any atom is 0.221 e. The molecule has 2 N–H and O–H groups in total. The van der Waals surface area contributed by atoms with Crippen LogP contribution in [-0.2, 0) is 11.4 Å². The van der Waals surface area contributed by atoms with Gasteiger partial charge in [0.15, 0.2) is 0 Å². The van der Waals surface area contributed by atoms with E-state index in [0.29, 0.717) is 17.1 Å². The molecule has 23 heavy (non-hydrogen) atoms. The molecular formula is C16H15N5O2. The van der Waals surface area contributed by atoms with Gasteiger partial charge in [0, 0.05) is 30.6 Å². The lowest BCUT2D eigenvalue weighted by Gasteiger charge is -2.09. The first-order valence-corrected chi connectivity index (χ1v) is 7.03. The second kappa shape index (κ2) is 6.37. The minimum Gasteiger partial charge on any atom is -0.390 e. The van der Waals surface area contributed by atoms with Crippen LogP contribution in [0.5, 0.6) is 0 Å². The van der Waals surface area contributed by atoms with Gasteiger partial charge >= 0.3 is 0 Å². The Balaban J connectivity index is 2.11. The first kappa shape index (κ1) is 14.9. The van der Waals surface area contributed by atoms with Gasteiger partial charge in [-0.2, -0.15) is 0 Å². The lowest BCUT2D eigenvalue weighted by molar-refractivity contribution is -0.114. The number of aromatic nitrogens is 4. The van der Waals surface area contributed by atoms with Gasteiger partial charge in [0.25, 0.3) is 0 Å². The monoisotopic (exact) mass is 309 g/mol. The smallest absolute Gasteiger partial charge is 0.221 e. The second-order valence-electron chi connectivity index (χ2n) is 4.93. The Labute approximate surface area is 132 Å². The van der Waals surface area contributed by atoms with Gasteiger partial charge in [-0.15, -0.1) is 5.10 Å². The number of nitrogens with one attached hydrogen (secondary N) is 1. The lowest BCUT2D eigenvalue weighted by atomic mass is 10.1. The summed E-state index contributed by atoms with van der Waals surface area (Å²) >= 11 is 0. The highest BCUT2D eigenvalue weighted by atomic mass is 16.3. The van der Waals surface area contributed by atoms with Crippen molar-refractivity contribution in [1.82, 2.24) is 20.0 Å². The summed E-state index contributed by atoms with van der Waals surface area (Å²) in [6.07, 6.45) is 3.36. The maximum atomic E-state index is 11.2. The molecule has 0 fully saturated rings. The van der Waals surface area contributed by atoms with Crippen LogP contribution in [0.3, 0.4) is 0 Å². The number of rotatable bonds is 4. The quantitative estimate of drug-likeness (QED) is 0.766. The number of aliphatic hydroxyl groups excluding tert-OH is 1. The molecule has 1 aromatic carbocycles. The second-order valence-corrected chi connectivity index (χ2v) is 4.93. The van der Waals surface area contributed by atoms with E-state index in [1.165, 1.54) is 6.92 Å². The van der Waals surface area contributed by atoms with Gasteiger partial charge in [0.1, 0.15) is 11.4 Å². The predicted molar refractivity (Wildman–Crippen MR) is 84.8 cm³/mol. The van der Waals surface area contributed by atoms with Gasteiger partial charge in [-0.25, -0.2) is 4.68 Å². The molecule has 116 valence electrons. The highest BCUT2D eigenvalue weighted by Crippen LogP contribution is 2.25. The van der Waals surface area contributed by atoms with Crippen LogP contribution >= 0.6 is 0 Å². The van der Waals surface area contributed by atoms with Crippen molar-refractivity contribution < 1.29 is 9.90 Å². The van der Waals surface area contributed by atoms with Crippen LogP contribution in [0.15, 0.2) is 48.8 Å². The third kappa shape index (κ3) is 3.09. The SMILES string of the molecule is CC(=O)Nc1cccc(-n2nnc(CO)c2-c2cccnc2)c1. The lowest BCUT2D eigenvalue weighted by Crippen LogP contribution is -2.07. The summed E-state index contributed by atoms with van der Waals surface area (Å²) in [4.78, 5) is 15.3. The van der Waals surface area contributed by atoms with E-state index in [0.717, 1.165) is 11.3 Å². The number of amides is 1. The van der Waals surface area contributed by atoms with Crippen LogP contribution in [0, 0.1) is 0 Å². The van der Waals surface area contributed by atoms with Crippen LogP contribution in [0.1, 0.15) is 12.6 Å². The Morgan fingerprint density at radius 3 is 2.87 bits per heavy atom. The molecule has 0 aliphatic heterocycles. The van der Waals surface area contributed by atoms with Gasteiger partial charge in [-0.05, 0) is 30.3 Å². The van der Waals surface area contributed by atoms with Crippen LogP contribution < -0.4 is 5.32 Å². The zero-order valence-electron chi connectivity index (χ0n) is 12.5. The van der Waals surface area contributed by atoms with Crippen LogP contribution in [0.2, 0.25) is 0 Å². The summed E-state index contributed by atoms with van der Waals surface area (Å²) in [6, 6.07) is 10.9. The molecule has 2 aromatic heterocycles. The fourth-order valence-electron chi connectivity index (χ4n) is 2.31. The zero-order chi connectivity index (χ0) is 16.2. The fourth-order valence-corrected chi connectivity index (χ4v) is 2.31. The van der Waals surface area contributed by atoms with E-state index in [9.17, 15) is 9.90 Å². The molecule has 0 atom stereocenters. The Morgan fingerprint density at radius 1 is 1.30 bits per heavy atom. The first-order valence-electron chi connectivity index (χ1n) is 7.03. The van der Waals surface area contributed by atoms with Crippen molar-refractivity contribution in [2.45, 2.75) is 13.5 Å². The first-order chi connectivity index (χ1) is 11.2. The summed E-state index contributed by atoms with van der Waals surface area (Å²) < 4.78 is 1.62. The fraction of sp³-hybridized carbons (Fsp3) is 0.125. The molecule has 0 bridgehead atoms. The Bertz CT molecular complexity index is 829. The number of carbonyl (C=O) groups is 1. The molecule has 0 radical (unpaired) electrons.